The molecule has 18 nitrogen and oxygen atoms in total. The molecule has 0 unspecified atom stereocenters. The molecule has 8 fully saturated rings. The summed E-state index contributed by atoms with van der Waals surface area (Å²) in [6.07, 6.45) is -0.422. The van der Waals surface area contributed by atoms with Gasteiger partial charge in [-0.25, -0.2) is 0 Å². The van der Waals surface area contributed by atoms with Gasteiger partial charge in [0.25, 0.3) is 0 Å². The van der Waals surface area contributed by atoms with E-state index >= 15 is 0 Å². The topological polar surface area (TPSA) is 207 Å². The van der Waals surface area contributed by atoms with E-state index < -0.39 is 102 Å². The maximum atomic E-state index is 12.5. The lowest BCUT2D eigenvalue weighted by molar-refractivity contribution is -0.381. The fourth-order valence-corrected chi connectivity index (χ4v) is 14.0. The molecular weight excluding hydrogens is 925 g/mol. The summed E-state index contributed by atoms with van der Waals surface area (Å²) in [6.45, 7) is 19.9. The smallest absolute Gasteiger partial charge is 0.308 e. The lowest BCUT2D eigenvalue weighted by atomic mass is 9.75. The van der Waals surface area contributed by atoms with Crippen molar-refractivity contribution in [1.82, 2.24) is 0 Å². The van der Waals surface area contributed by atoms with E-state index in [9.17, 15) is 20.1 Å². The Bertz CT molecular complexity index is 1790. The monoisotopic (exact) mass is 1010 g/mol. The molecule has 0 aliphatic carbocycles. The van der Waals surface area contributed by atoms with Gasteiger partial charge >= 0.3 is 5.97 Å². The maximum absolute atomic E-state index is 12.5. The Morgan fingerprint density at radius 1 is 0.704 bits per heavy atom. The molecule has 0 saturated carbocycles. The average molecular weight is 1020 g/mol. The Hall–Kier alpha value is -1.17. The fourth-order valence-electron chi connectivity index (χ4n) is 14.0. The first-order chi connectivity index (χ1) is 33.4. The molecule has 1 spiro atoms. The van der Waals surface area contributed by atoms with Crippen LogP contribution in [0, 0.1) is 29.6 Å². The van der Waals surface area contributed by atoms with Crippen molar-refractivity contribution < 1.29 is 86.4 Å². The molecule has 3 N–H and O–H groups in total. The van der Waals surface area contributed by atoms with E-state index in [1.165, 1.54) is 7.11 Å². The number of carbonyl (C=O) groups is 1. The predicted molar refractivity (Wildman–Crippen MR) is 255 cm³/mol. The Labute approximate surface area is 422 Å². The molecular formula is C53H90O18. The second-order valence-electron chi connectivity index (χ2n) is 23.6. The molecule has 8 aliphatic heterocycles. The predicted octanol–water partition coefficient (Wildman–Crippen LogP) is 6.26. The van der Waals surface area contributed by atoms with Gasteiger partial charge < -0.3 is 81.6 Å². The number of methoxy groups -OCH3 is 4. The van der Waals surface area contributed by atoms with E-state index in [0.29, 0.717) is 44.9 Å². The minimum atomic E-state index is -1.58. The van der Waals surface area contributed by atoms with Gasteiger partial charge in [-0.05, 0) is 79.1 Å². The number of carboxylic acid groups (broad SMARTS) is 1. The molecule has 71 heavy (non-hydrogen) atoms. The highest BCUT2D eigenvalue weighted by Crippen LogP contribution is 2.55. The zero-order valence-corrected chi connectivity index (χ0v) is 45.1. The third-order valence-corrected chi connectivity index (χ3v) is 18.7. The van der Waals surface area contributed by atoms with Crippen LogP contribution in [-0.4, -0.2) is 176 Å². The summed E-state index contributed by atoms with van der Waals surface area (Å²) < 4.78 is 91.9. The van der Waals surface area contributed by atoms with E-state index in [0.717, 1.165) is 19.3 Å². The minimum absolute atomic E-state index is 0.00421. The molecule has 26 atom stereocenters. The normalized spacial score (nSPS) is 53.3. The molecule has 8 rings (SSSR count). The van der Waals surface area contributed by atoms with E-state index in [4.69, 9.17) is 66.3 Å². The Morgan fingerprint density at radius 2 is 1.35 bits per heavy atom. The van der Waals surface area contributed by atoms with Gasteiger partial charge in [-0.1, -0.05) is 34.6 Å². The van der Waals surface area contributed by atoms with Crippen LogP contribution in [0.4, 0.5) is 0 Å². The van der Waals surface area contributed by atoms with Crippen molar-refractivity contribution in [3.8, 4) is 0 Å². The molecule has 8 aliphatic rings. The molecule has 0 radical (unpaired) electrons. The van der Waals surface area contributed by atoms with E-state index in [-0.39, 0.29) is 73.0 Å². The molecule has 8 saturated heterocycles. The van der Waals surface area contributed by atoms with Gasteiger partial charge in [-0.2, -0.15) is 0 Å². The quantitative estimate of drug-likeness (QED) is 0.166. The van der Waals surface area contributed by atoms with Gasteiger partial charge in [-0.3, -0.25) is 4.79 Å². The van der Waals surface area contributed by atoms with Crippen LogP contribution in [0.25, 0.3) is 0 Å². The van der Waals surface area contributed by atoms with Crippen molar-refractivity contribution >= 4 is 5.97 Å². The van der Waals surface area contributed by atoms with E-state index in [1.54, 1.807) is 28.3 Å². The van der Waals surface area contributed by atoms with Gasteiger partial charge in [0.1, 0.15) is 12.2 Å². The van der Waals surface area contributed by atoms with Crippen molar-refractivity contribution in [3.63, 3.8) is 0 Å². The van der Waals surface area contributed by atoms with Gasteiger partial charge in [0, 0.05) is 84.2 Å². The third kappa shape index (κ3) is 11.0. The number of hydrogen-bond acceptors (Lipinski definition) is 17. The molecule has 0 amide bonds. The Balaban J connectivity index is 0.999. The lowest BCUT2D eigenvalue weighted by Gasteiger charge is -2.55. The van der Waals surface area contributed by atoms with Crippen molar-refractivity contribution in [3.05, 3.63) is 0 Å². The number of aliphatic carboxylic acids is 1. The second kappa shape index (κ2) is 21.7. The van der Waals surface area contributed by atoms with Crippen LogP contribution in [0.3, 0.4) is 0 Å². The third-order valence-electron chi connectivity index (χ3n) is 18.7. The Kier molecular flexibility index (Phi) is 17.1. The zero-order chi connectivity index (χ0) is 51.6. The summed E-state index contributed by atoms with van der Waals surface area (Å²) >= 11 is 0. The van der Waals surface area contributed by atoms with Crippen LogP contribution < -0.4 is 0 Å². The molecule has 0 aromatic rings. The summed E-state index contributed by atoms with van der Waals surface area (Å²) in [7, 11) is 6.44. The highest BCUT2D eigenvalue weighted by Gasteiger charge is 2.64. The average Bonchev–Trinajstić information content (AvgIpc) is 4.03. The standard InChI is InChI=1S/C53H90O18/c1-27-23-28(2)51(10,57)68-43(27)37-24-38(64-41-17-15-35(58-11)32(6)62-41)48(65-37)50(9)20-19-39(67-50)49(8)21-22-52(71-49)25-34(54)29(3)44(69-52)30(4)45-47(60-13)46(31(5)53(61-14,70-45)26-40(55)56)66-42-18-16-36(59-12)33(7)63-42/h27-39,41-48,54,57H,15-26H2,1-14H3,(H,55,56)/t27-,28+,29+,30+,31-,32+,33+,34-,35-,36-,37+,38-,39+,41-,42-,43-,44-,45-,46-,47-,48+,49-,50-,51-,52+,53+/m0/s1. The number of ether oxygens (including phenoxy) is 14. The van der Waals surface area contributed by atoms with Crippen LogP contribution in [0.2, 0.25) is 0 Å². The van der Waals surface area contributed by atoms with Crippen LogP contribution in [-0.2, 0) is 71.1 Å². The molecule has 410 valence electrons. The first-order valence-corrected chi connectivity index (χ1v) is 26.9. The van der Waals surface area contributed by atoms with Crippen molar-refractivity contribution in [2.75, 3.05) is 28.4 Å². The SMILES string of the molecule is CO[C@@H]1[C@@H](O[C@H]2CC[C@H](OC)[C@@H](C)O2)[C@H](C)[C@](CC(=O)O)(OC)O[C@H]1[C@H](C)[C@H]1O[C@@]2(CC[C@@](C)([C@H]3CC[C@@](C)([C@@H]4O[C@@H]([C@H]5O[C@](C)(O)[C@H](C)C[C@@H]5C)C[C@@H]4O[C@H]4CC[C@H](OC)[C@@H](C)O4)O3)O2)C[C@H](O)[C@H]1C. The molecule has 8 heterocycles. The lowest BCUT2D eigenvalue weighted by Crippen LogP contribution is -2.67. The van der Waals surface area contributed by atoms with Crippen molar-refractivity contribution in [1.29, 1.82) is 0 Å². The van der Waals surface area contributed by atoms with Crippen molar-refractivity contribution in [2.24, 2.45) is 29.6 Å². The number of rotatable bonds is 15. The summed E-state index contributed by atoms with van der Waals surface area (Å²) in [6, 6.07) is 0. The fraction of sp³-hybridized carbons (Fsp3) is 0.981. The Morgan fingerprint density at radius 3 is 1.94 bits per heavy atom. The summed E-state index contributed by atoms with van der Waals surface area (Å²) in [4.78, 5) is 12.5. The van der Waals surface area contributed by atoms with E-state index in [1.807, 2.05) is 41.5 Å². The van der Waals surface area contributed by atoms with Crippen LogP contribution in [0.15, 0.2) is 0 Å². The number of aliphatic hydroxyl groups excluding tert-OH is 1. The first-order valence-electron chi connectivity index (χ1n) is 26.9. The summed E-state index contributed by atoms with van der Waals surface area (Å²) in [5, 5.41) is 33.5. The molecule has 0 bridgehead atoms. The first kappa shape index (κ1) is 56.0. The van der Waals surface area contributed by atoms with Crippen molar-refractivity contribution in [2.45, 2.75) is 273 Å². The molecule has 0 aromatic heterocycles. The number of hydrogen-bond donors (Lipinski definition) is 3. The van der Waals surface area contributed by atoms with Crippen LogP contribution in [0.1, 0.15) is 146 Å². The molecule has 18 heteroatoms. The van der Waals surface area contributed by atoms with Crippen LogP contribution in [0.5, 0.6) is 0 Å². The largest absolute Gasteiger partial charge is 0.481 e. The number of carboxylic acids is 1. The van der Waals surface area contributed by atoms with Crippen LogP contribution >= 0.6 is 0 Å². The maximum Gasteiger partial charge on any atom is 0.308 e. The zero-order valence-electron chi connectivity index (χ0n) is 45.1. The van der Waals surface area contributed by atoms with Gasteiger partial charge in [-0.15, -0.1) is 0 Å². The van der Waals surface area contributed by atoms with E-state index in [2.05, 4.69) is 20.8 Å². The number of aliphatic hydroxyl groups is 2. The highest BCUT2D eigenvalue weighted by molar-refractivity contribution is 5.68. The highest BCUT2D eigenvalue weighted by atomic mass is 16.8. The summed E-state index contributed by atoms with van der Waals surface area (Å²) in [5.41, 5.74) is -1.56. The second-order valence-corrected chi connectivity index (χ2v) is 23.6. The minimum Gasteiger partial charge on any atom is -0.481 e. The van der Waals surface area contributed by atoms with Gasteiger partial charge in [0.15, 0.2) is 29.9 Å². The molecule has 0 aromatic carbocycles. The van der Waals surface area contributed by atoms with Gasteiger partial charge in [0.2, 0.25) is 0 Å². The van der Waals surface area contributed by atoms with Gasteiger partial charge in [0.05, 0.1) is 90.9 Å². The summed E-state index contributed by atoms with van der Waals surface area (Å²) in [5.74, 6) is -6.39.